The van der Waals surface area contributed by atoms with Gasteiger partial charge in [-0.25, -0.2) is 4.98 Å². The van der Waals surface area contributed by atoms with Crippen molar-refractivity contribution in [1.82, 2.24) is 9.97 Å². The molecule has 0 aliphatic carbocycles. The molecule has 31 heavy (non-hydrogen) atoms. The molecule has 0 atom stereocenters. The van der Waals surface area contributed by atoms with E-state index in [-0.39, 0.29) is 0 Å². The van der Waals surface area contributed by atoms with Crippen LogP contribution in [-0.2, 0) is 0 Å². The van der Waals surface area contributed by atoms with E-state index in [0.29, 0.717) is 17.3 Å². The average molecular weight is 414 g/mol. The maximum Gasteiger partial charge on any atom is 0.229 e. The van der Waals surface area contributed by atoms with E-state index in [1.165, 1.54) is 19.3 Å². The van der Waals surface area contributed by atoms with Crippen molar-refractivity contribution in [3.63, 3.8) is 0 Å². The summed E-state index contributed by atoms with van der Waals surface area (Å²) in [4.78, 5) is 11.3. The van der Waals surface area contributed by atoms with Crippen molar-refractivity contribution in [2.45, 2.75) is 33.1 Å². The first kappa shape index (κ1) is 20.5. The van der Waals surface area contributed by atoms with E-state index in [1.807, 2.05) is 18.2 Å². The van der Waals surface area contributed by atoms with Crippen molar-refractivity contribution in [3.05, 3.63) is 59.3 Å². The summed E-state index contributed by atoms with van der Waals surface area (Å²) >= 11 is 0. The van der Waals surface area contributed by atoms with Gasteiger partial charge in [-0.3, -0.25) is 0 Å². The fourth-order valence-corrected chi connectivity index (χ4v) is 3.94. The van der Waals surface area contributed by atoms with Crippen LogP contribution >= 0.6 is 0 Å². The second-order valence-corrected chi connectivity index (χ2v) is 7.88. The molecule has 7 nitrogen and oxygen atoms in total. The fourth-order valence-electron chi connectivity index (χ4n) is 3.94. The van der Waals surface area contributed by atoms with Crippen LogP contribution in [0.2, 0.25) is 0 Å². The van der Waals surface area contributed by atoms with E-state index in [9.17, 15) is 0 Å². The number of aryl methyl sites for hydroxylation is 1. The predicted octanol–water partition coefficient (Wildman–Crippen LogP) is 5.02. The maximum absolute atomic E-state index is 8.94. The summed E-state index contributed by atoms with van der Waals surface area (Å²) in [5.74, 6) is 1.16. The monoisotopic (exact) mass is 413 g/mol. The molecule has 0 bridgehead atoms. The summed E-state index contributed by atoms with van der Waals surface area (Å²) in [6, 6.07) is 13.3. The van der Waals surface area contributed by atoms with Gasteiger partial charge in [0.05, 0.1) is 23.0 Å². The molecule has 1 saturated heterocycles. The molecule has 158 valence electrons. The lowest BCUT2D eigenvalue weighted by Crippen LogP contribution is -2.30. The molecule has 0 spiro atoms. The van der Waals surface area contributed by atoms with Crippen LogP contribution in [0.15, 0.2) is 42.6 Å². The number of aromatic nitrogens is 2. The first-order valence-corrected chi connectivity index (χ1v) is 10.6. The van der Waals surface area contributed by atoms with Gasteiger partial charge < -0.3 is 21.3 Å². The Hall–Kier alpha value is -3.79. The van der Waals surface area contributed by atoms with Crippen molar-refractivity contribution in [3.8, 4) is 6.07 Å². The fraction of sp³-hybridized carbons (Fsp3) is 0.292. The lowest BCUT2D eigenvalue weighted by molar-refractivity contribution is 0.578. The molecule has 2 heterocycles. The van der Waals surface area contributed by atoms with E-state index in [0.717, 1.165) is 47.0 Å². The second kappa shape index (κ2) is 8.92. The highest BCUT2D eigenvalue weighted by Gasteiger charge is 2.18. The van der Waals surface area contributed by atoms with Gasteiger partial charge in [0.1, 0.15) is 5.82 Å². The smallest absolute Gasteiger partial charge is 0.229 e. The van der Waals surface area contributed by atoms with Crippen molar-refractivity contribution in [2.75, 3.05) is 34.4 Å². The Balaban J connectivity index is 1.55. The Morgan fingerprint density at radius 2 is 1.77 bits per heavy atom. The molecule has 3 aromatic rings. The number of nitrogens with one attached hydrogen (secondary N) is 2. The Morgan fingerprint density at radius 3 is 2.48 bits per heavy atom. The van der Waals surface area contributed by atoms with Crippen LogP contribution in [0.5, 0.6) is 0 Å². The number of rotatable bonds is 5. The van der Waals surface area contributed by atoms with Crippen LogP contribution in [-0.4, -0.2) is 23.1 Å². The predicted molar refractivity (Wildman–Crippen MR) is 126 cm³/mol. The Kier molecular flexibility index (Phi) is 5.89. The number of benzene rings is 2. The second-order valence-electron chi connectivity index (χ2n) is 7.88. The van der Waals surface area contributed by atoms with Gasteiger partial charge in [-0.05, 0) is 80.6 Å². The summed E-state index contributed by atoms with van der Waals surface area (Å²) in [5, 5.41) is 15.5. The summed E-state index contributed by atoms with van der Waals surface area (Å²) in [7, 11) is 0. The third kappa shape index (κ3) is 4.53. The highest BCUT2D eigenvalue weighted by molar-refractivity contribution is 5.82. The summed E-state index contributed by atoms with van der Waals surface area (Å²) in [6.45, 7) is 6.27. The molecular weight excluding hydrogens is 386 g/mol. The van der Waals surface area contributed by atoms with Crippen LogP contribution in [0.3, 0.4) is 0 Å². The zero-order valence-electron chi connectivity index (χ0n) is 17.9. The molecular formula is C24H27N7. The highest BCUT2D eigenvalue weighted by Crippen LogP contribution is 2.37. The van der Waals surface area contributed by atoms with E-state index >= 15 is 0 Å². The number of nitrogens with two attached hydrogens (primary N) is 1. The quantitative estimate of drug-likeness (QED) is 0.504. The standard InChI is InChI=1S/C24H27N7/c1-16-14-20(31-12-4-3-5-13-31)22(26)17(2)23(16)29-21-10-11-27-24(30-21)28-19-8-6-18(15-25)7-9-19/h6-11,14H,3-5,12-13,26H2,1-2H3,(H2,27,28,29,30). The van der Waals surface area contributed by atoms with Gasteiger partial charge in [0, 0.05) is 30.7 Å². The van der Waals surface area contributed by atoms with E-state index < -0.39 is 0 Å². The zero-order chi connectivity index (χ0) is 21.8. The van der Waals surface area contributed by atoms with Crippen molar-refractivity contribution >= 4 is 34.5 Å². The largest absolute Gasteiger partial charge is 0.397 e. The number of hydrogen-bond acceptors (Lipinski definition) is 7. The molecule has 0 radical (unpaired) electrons. The number of hydrogen-bond donors (Lipinski definition) is 3. The lowest BCUT2D eigenvalue weighted by Gasteiger charge is -2.31. The molecule has 1 fully saturated rings. The molecule has 1 aromatic heterocycles. The number of piperidine rings is 1. The highest BCUT2D eigenvalue weighted by atomic mass is 15.2. The molecule has 0 amide bonds. The van der Waals surface area contributed by atoms with Gasteiger partial charge in [0.2, 0.25) is 5.95 Å². The van der Waals surface area contributed by atoms with Crippen LogP contribution < -0.4 is 21.3 Å². The molecule has 1 aliphatic rings. The summed E-state index contributed by atoms with van der Waals surface area (Å²) in [5.41, 5.74) is 13.1. The van der Waals surface area contributed by atoms with Gasteiger partial charge in [-0.2, -0.15) is 10.2 Å². The summed E-state index contributed by atoms with van der Waals surface area (Å²) < 4.78 is 0. The SMILES string of the molecule is Cc1cc(N2CCCCC2)c(N)c(C)c1Nc1ccnc(Nc2ccc(C#N)cc2)n1. The molecule has 7 heteroatoms. The third-order valence-electron chi connectivity index (χ3n) is 5.68. The van der Waals surface area contributed by atoms with Gasteiger partial charge in [0.25, 0.3) is 0 Å². The number of anilines is 6. The molecule has 0 unspecified atom stereocenters. The number of nitriles is 1. The van der Waals surface area contributed by atoms with Gasteiger partial charge in [-0.1, -0.05) is 0 Å². The third-order valence-corrected chi connectivity index (χ3v) is 5.68. The number of nitrogen functional groups attached to an aromatic ring is 1. The first-order valence-electron chi connectivity index (χ1n) is 10.6. The van der Waals surface area contributed by atoms with E-state index in [4.69, 9.17) is 11.0 Å². The minimum atomic E-state index is 0.475. The first-order chi connectivity index (χ1) is 15.0. The Labute approximate surface area is 182 Å². The average Bonchev–Trinajstić information content (AvgIpc) is 2.80. The normalized spacial score (nSPS) is 13.5. The van der Waals surface area contributed by atoms with Crippen molar-refractivity contribution < 1.29 is 0 Å². The Morgan fingerprint density at radius 1 is 1.03 bits per heavy atom. The minimum absolute atomic E-state index is 0.475. The lowest BCUT2D eigenvalue weighted by atomic mass is 10.0. The van der Waals surface area contributed by atoms with Gasteiger partial charge >= 0.3 is 0 Å². The molecule has 0 saturated carbocycles. The van der Waals surface area contributed by atoms with Crippen molar-refractivity contribution in [2.24, 2.45) is 0 Å². The van der Waals surface area contributed by atoms with Crippen LogP contribution in [0.4, 0.5) is 34.5 Å². The van der Waals surface area contributed by atoms with Crippen LogP contribution in [0, 0.1) is 25.2 Å². The molecule has 2 aromatic carbocycles. The van der Waals surface area contributed by atoms with E-state index in [1.54, 1.807) is 18.3 Å². The molecule has 1 aliphatic heterocycles. The van der Waals surface area contributed by atoms with Crippen LogP contribution in [0.1, 0.15) is 36.0 Å². The maximum atomic E-state index is 8.94. The molecule has 4 rings (SSSR count). The van der Waals surface area contributed by atoms with Crippen molar-refractivity contribution in [1.29, 1.82) is 5.26 Å². The van der Waals surface area contributed by atoms with Gasteiger partial charge in [-0.15, -0.1) is 0 Å². The van der Waals surface area contributed by atoms with Gasteiger partial charge in [0.15, 0.2) is 0 Å². The van der Waals surface area contributed by atoms with E-state index in [2.05, 4.69) is 51.5 Å². The molecule has 4 N–H and O–H groups in total. The number of nitrogens with zero attached hydrogens (tertiary/aromatic N) is 4. The summed E-state index contributed by atoms with van der Waals surface area (Å²) in [6.07, 6.45) is 5.43. The zero-order valence-corrected chi connectivity index (χ0v) is 17.9. The topological polar surface area (TPSA) is 103 Å². The Bertz CT molecular complexity index is 1110. The van der Waals surface area contributed by atoms with Crippen LogP contribution in [0.25, 0.3) is 0 Å². The minimum Gasteiger partial charge on any atom is -0.397 e.